The fraction of sp³-hybridized carbons (Fsp3) is 0.353. The number of halogens is 1. The Morgan fingerprint density at radius 2 is 2.23 bits per heavy atom. The van der Waals surface area contributed by atoms with E-state index in [1.54, 1.807) is 0 Å². The van der Waals surface area contributed by atoms with Crippen LogP contribution in [0.3, 0.4) is 0 Å². The van der Waals surface area contributed by atoms with E-state index in [0.717, 1.165) is 41.2 Å². The van der Waals surface area contributed by atoms with Crippen molar-refractivity contribution < 1.29 is 4.79 Å². The van der Waals surface area contributed by atoms with Crippen LogP contribution in [0, 0.1) is 5.92 Å². The lowest BCUT2D eigenvalue weighted by Gasteiger charge is -2.31. The number of hydrogen-bond donors (Lipinski definition) is 1. The fourth-order valence-electron chi connectivity index (χ4n) is 2.85. The van der Waals surface area contributed by atoms with Crippen LogP contribution in [0.5, 0.6) is 0 Å². The smallest absolute Gasteiger partial charge is 0.263 e. The molecule has 1 atom stereocenters. The quantitative estimate of drug-likeness (QED) is 0.925. The lowest BCUT2D eigenvalue weighted by Crippen LogP contribution is -2.41. The number of piperidine rings is 1. The van der Waals surface area contributed by atoms with Gasteiger partial charge in [-0.3, -0.25) is 4.79 Å². The van der Waals surface area contributed by atoms with E-state index in [2.05, 4.69) is 0 Å². The van der Waals surface area contributed by atoms with Gasteiger partial charge in [0.2, 0.25) is 0 Å². The minimum atomic E-state index is 0.122. The van der Waals surface area contributed by atoms with Crippen LogP contribution in [0.15, 0.2) is 36.4 Å². The number of nitrogens with two attached hydrogens (primary N) is 1. The van der Waals surface area contributed by atoms with Crippen molar-refractivity contribution in [3.05, 3.63) is 46.3 Å². The first-order chi connectivity index (χ1) is 10.7. The van der Waals surface area contributed by atoms with E-state index in [0.29, 0.717) is 17.5 Å². The largest absolute Gasteiger partial charge is 0.338 e. The summed E-state index contributed by atoms with van der Waals surface area (Å²) in [6.07, 6.45) is 2.17. The molecule has 116 valence electrons. The summed E-state index contributed by atoms with van der Waals surface area (Å²) in [4.78, 5) is 16.4. The Kier molecular flexibility index (Phi) is 4.81. The van der Waals surface area contributed by atoms with Gasteiger partial charge in [-0.1, -0.05) is 23.7 Å². The molecule has 0 saturated carbocycles. The predicted octanol–water partition coefficient (Wildman–Crippen LogP) is 3.88. The monoisotopic (exact) mass is 334 g/mol. The van der Waals surface area contributed by atoms with E-state index in [9.17, 15) is 4.79 Å². The number of hydrogen-bond acceptors (Lipinski definition) is 3. The van der Waals surface area contributed by atoms with Crippen LogP contribution in [0.2, 0.25) is 5.02 Å². The zero-order chi connectivity index (χ0) is 15.5. The second-order valence-corrected chi connectivity index (χ2v) is 7.19. The third-order valence-corrected chi connectivity index (χ3v) is 5.42. The molecule has 2 heterocycles. The Bertz CT molecular complexity index is 670. The first-order valence-corrected chi connectivity index (χ1v) is 8.72. The number of likely N-dealkylation sites (tertiary alicyclic amines) is 1. The Labute approximate surface area is 139 Å². The van der Waals surface area contributed by atoms with Gasteiger partial charge in [0, 0.05) is 23.0 Å². The number of carbonyl (C=O) groups excluding carboxylic acids is 1. The van der Waals surface area contributed by atoms with E-state index >= 15 is 0 Å². The van der Waals surface area contributed by atoms with Gasteiger partial charge in [0.05, 0.1) is 4.88 Å². The summed E-state index contributed by atoms with van der Waals surface area (Å²) in [7, 11) is 0. The fourth-order valence-corrected chi connectivity index (χ4v) is 4.01. The molecule has 1 aliphatic rings. The van der Waals surface area contributed by atoms with Gasteiger partial charge in [0.15, 0.2) is 0 Å². The molecular formula is C17H19ClN2OS. The van der Waals surface area contributed by atoms with Crippen molar-refractivity contribution in [2.45, 2.75) is 12.8 Å². The molecule has 5 heteroatoms. The summed E-state index contributed by atoms with van der Waals surface area (Å²) in [6, 6.07) is 11.6. The number of thiophene rings is 1. The van der Waals surface area contributed by atoms with Gasteiger partial charge in [-0.05, 0) is 55.1 Å². The third-order valence-electron chi connectivity index (χ3n) is 4.07. The third kappa shape index (κ3) is 3.35. The normalized spacial score (nSPS) is 18.5. The van der Waals surface area contributed by atoms with Crippen molar-refractivity contribution in [3.63, 3.8) is 0 Å². The number of nitrogens with zero attached hydrogens (tertiary/aromatic N) is 1. The van der Waals surface area contributed by atoms with Crippen molar-refractivity contribution >= 4 is 28.8 Å². The first-order valence-electron chi connectivity index (χ1n) is 7.52. The number of amides is 1. The Hall–Kier alpha value is -1.36. The Morgan fingerprint density at radius 3 is 3.00 bits per heavy atom. The topological polar surface area (TPSA) is 46.3 Å². The van der Waals surface area contributed by atoms with E-state index in [4.69, 9.17) is 17.3 Å². The van der Waals surface area contributed by atoms with E-state index in [-0.39, 0.29) is 5.91 Å². The summed E-state index contributed by atoms with van der Waals surface area (Å²) in [5, 5.41) is 0.709. The summed E-state index contributed by atoms with van der Waals surface area (Å²) >= 11 is 7.56. The highest BCUT2D eigenvalue weighted by Gasteiger charge is 2.24. The van der Waals surface area contributed by atoms with Crippen LogP contribution < -0.4 is 5.73 Å². The van der Waals surface area contributed by atoms with Gasteiger partial charge < -0.3 is 10.6 Å². The van der Waals surface area contributed by atoms with Gasteiger partial charge in [-0.2, -0.15) is 0 Å². The molecule has 1 unspecified atom stereocenters. The zero-order valence-corrected chi connectivity index (χ0v) is 13.9. The molecule has 1 aromatic heterocycles. The summed E-state index contributed by atoms with van der Waals surface area (Å²) in [5.74, 6) is 0.557. The summed E-state index contributed by atoms with van der Waals surface area (Å²) in [5.41, 5.74) is 6.80. The van der Waals surface area contributed by atoms with Crippen LogP contribution in [0.4, 0.5) is 0 Å². The van der Waals surface area contributed by atoms with Crippen molar-refractivity contribution in [1.82, 2.24) is 4.90 Å². The molecule has 3 rings (SSSR count). The molecule has 1 aromatic carbocycles. The van der Waals surface area contributed by atoms with Gasteiger partial charge in [0.25, 0.3) is 5.91 Å². The molecule has 1 fully saturated rings. The molecule has 2 aromatic rings. The molecule has 0 radical (unpaired) electrons. The van der Waals surface area contributed by atoms with Crippen molar-refractivity contribution in [1.29, 1.82) is 0 Å². The molecular weight excluding hydrogens is 316 g/mol. The highest BCUT2D eigenvalue weighted by molar-refractivity contribution is 7.17. The lowest BCUT2D eigenvalue weighted by atomic mass is 9.98. The van der Waals surface area contributed by atoms with Crippen molar-refractivity contribution in [2.24, 2.45) is 11.7 Å². The zero-order valence-electron chi connectivity index (χ0n) is 12.3. The van der Waals surface area contributed by atoms with E-state index in [1.165, 1.54) is 11.3 Å². The van der Waals surface area contributed by atoms with E-state index < -0.39 is 0 Å². The summed E-state index contributed by atoms with van der Waals surface area (Å²) in [6.45, 7) is 2.27. The Morgan fingerprint density at radius 1 is 1.36 bits per heavy atom. The molecule has 0 aliphatic carbocycles. The minimum absolute atomic E-state index is 0.122. The first kappa shape index (κ1) is 15.5. The summed E-state index contributed by atoms with van der Waals surface area (Å²) < 4.78 is 0. The van der Waals surface area contributed by atoms with Gasteiger partial charge in [0.1, 0.15) is 0 Å². The van der Waals surface area contributed by atoms with Gasteiger partial charge in [-0.15, -0.1) is 11.3 Å². The molecule has 0 spiro atoms. The maximum atomic E-state index is 12.6. The van der Waals surface area contributed by atoms with Crippen LogP contribution in [-0.2, 0) is 0 Å². The molecule has 22 heavy (non-hydrogen) atoms. The van der Waals surface area contributed by atoms with Gasteiger partial charge >= 0.3 is 0 Å². The highest BCUT2D eigenvalue weighted by atomic mass is 35.5. The second kappa shape index (κ2) is 6.82. The average molecular weight is 335 g/mol. The van der Waals surface area contributed by atoms with E-state index in [1.807, 2.05) is 41.3 Å². The maximum absolute atomic E-state index is 12.6. The molecule has 1 saturated heterocycles. The Balaban J connectivity index is 1.77. The number of carbonyl (C=O) groups is 1. The molecule has 0 bridgehead atoms. The van der Waals surface area contributed by atoms with Crippen LogP contribution in [0.1, 0.15) is 22.5 Å². The van der Waals surface area contributed by atoms with Crippen LogP contribution >= 0.6 is 22.9 Å². The lowest BCUT2D eigenvalue weighted by molar-refractivity contribution is 0.0683. The van der Waals surface area contributed by atoms with Crippen molar-refractivity contribution in [3.8, 4) is 10.4 Å². The second-order valence-electron chi connectivity index (χ2n) is 5.67. The molecule has 1 aliphatic heterocycles. The number of rotatable bonds is 3. The predicted molar refractivity (Wildman–Crippen MR) is 92.4 cm³/mol. The average Bonchev–Trinajstić information content (AvgIpc) is 3.04. The SMILES string of the molecule is NCC1CCCN(C(=O)c2ccc(-c3cccc(Cl)c3)s2)C1. The molecule has 1 amide bonds. The van der Waals surface area contributed by atoms with Crippen LogP contribution in [0.25, 0.3) is 10.4 Å². The molecule has 2 N–H and O–H groups in total. The minimum Gasteiger partial charge on any atom is -0.338 e. The molecule has 3 nitrogen and oxygen atoms in total. The number of benzene rings is 1. The maximum Gasteiger partial charge on any atom is 0.263 e. The standard InChI is InChI=1S/C17H19ClN2OS/c18-14-5-1-4-13(9-14)15-6-7-16(22-15)17(21)20-8-2-3-12(10-19)11-20/h1,4-7,9,12H,2-3,8,10-11,19H2. The van der Waals surface area contributed by atoms with Crippen molar-refractivity contribution in [2.75, 3.05) is 19.6 Å². The van der Waals surface area contributed by atoms with Gasteiger partial charge in [-0.25, -0.2) is 0 Å². The van der Waals surface area contributed by atoms with Crippen LogP contribution in [-0.4, -0.2) is 30.4 Å². The highest BCUT2D eigenvalue weighted by Crippen LogP contribution is 2.31.